The van der Waals surface area contributed by atoms with Crippen molar-refractivity contribution in [1.29, 1.82) is 0 Å². The number of rotatable bonds is 6. The molecular weight excluding hydrogens is 260 g/mol. The maximum absolute atomic E-state index is 12.1. The van der Waals surface area contributed by atoms with Gasteiger partial charge in [-0.2, -0.15) is 0 Å². The van der Waals surface area contributed by atoms with Crippen LogP contribution in [0, 0.1) is 17.3 Å². The zero-order chi connectivity index (χ0) is 14.8. The third-order valence-electron chi connectivity index (χ3n) is 4.12. The van der Waals surface area contributed by atoms with Gasteiger partial charge in [-0.25, -0.2) is 0 Å². The van der Waals surface area contributed by atoms with Gasteiger partial charge in [-0.05, 0) is 38.5 Å². The van der Waals surface area contributed by atoms with Gasteiger partial charge in [-0.15, -0.1) is 0 Å². The van der Waals surface area contributed by atoms with Gasteiger partial charge in [0.15, 0.2) is 0 Å². The number of carbonyl (C=O) groups is 3. The lowest BCUT2D eigenvalue weighted by molar-refractivity contribution is -0.161. The van der Waals surface area contributed by atoms with Crippen LogP contribution >= 0.6 is 0 Å². The molecule has 3 atom stereocenters. The molecule has 2 aliphatic carbocycles. The number of hydrogen-bond acceptors (Lipinski definition) is 5. The molecule has 5 nitrogen and oxygen atoms in total. The Morgan fingerprint density at radius 3 is 2.45 bits per heavy atom. The predicted molar refractivity (Wildman–Crippen MR) is 70.7 cm³/mol. The van der Waals surface area contributed by atoms with E-state index in [0.29, 0.717) is 5.92 Å². The van der Waals surface area contributed by atoms with Crippen LogP contribution in [0.15, 0.2) is 12.2 Å². The number of carbonyl (C=O) groups excluding carboxylic acids is 3. The fourth-order valence-corrected chi connectivity index (χ4v) is 3.04. The molecule has 0 aromatic rings. The summed E-state index contributed by atoms with van der Waals surface area (Å²) in [5, 5.41) is 0. The number of hydrogen-bond donors (Lipinski definition) is 0. The van der Waals surface area contributed by atoms with Gasteiger partial charge in [0.2, 0.25) is 0 Å². The Morgan fingerprint density at radius 2 is 1.90 bits per heavy atom. The zero-order valence-electron chi connectivity index (χ0n) is 11.9. The Hall–Kier alpha value is -1.65. The third kappa shape index (κ3) is 3.08. The van der Waals surface area contributed by atoms with E-state index in [1.54, 1.807) is 0 Å². The number of ketones is 1. The Balaban J connectivity index is 1.70. The molecule has 2 aliphatic rings. The largest absolute Gasteiger partial charge is 0.462 e. The van der Waals surface area contributed by atoms with E-state index in [2.05, 4.69) is 12.2 Å². The van der Waals surface area contributed by atoms with E-state index in [9.17, 15) is 14.4 Å². The van der Waals surface area contributed by atoms with E-state index in [1.165, 1.54) is 6.92 Å². The van der Waals surface area contributed by atoms with Gasteiger partial charge in [0.25, 0.3) is 0 Å². The normalized spacial score (nSPS) is 30.3. The number of fused-ring (bicyclic) bond motifs is 2. The molecule has 1 fully saturated rings. The lowest BCUT2D eigenvalue weighted by Gasteiger charge is -2.28. The summed E-state index contributed by atoms with van der Waals surface area (Å²) in [6.45, 7) is 3.30. The fraction of sp³-hybridized carbons (Fsp3) is 0.667. The summed E-state index contributed by atoms with van der Waals surface area (Å²) >= 11 is 0. The minimum Gasteiger partial charge on any atom is -0.462 e. The Morgan fingerprint density at radius 1 is 1.20 bits per heavy atom. The fourth-order valence-electron chi connectivity index (χ4n) is 3.04. The average molecular weight is 280 g/mol. The Kier molecular flexibility index (Phi) is 4.26. The van der Waals surface area contributed by atoms with Crippen molar-refractivity contribution in [2.45, 2.75) is 33.1 Å². The zero-order valence-corrected chi connectivity index (χ0v) is 11.9. The highest BCUT2D eigenvalue weighted by atomic mass is 16.6. The molecule has 0 amide bonds. The van der Waals surface area contributed by atoms with Gasteiger partial charge in [-0.3, -0.25) is 14.4 Å². The van der Waals surface area contributed by atoms with Crippen molar-refractivity contribution in [2.75, 3.05) is 13.2 Å². The van der Waals surface area contributed by atoms with Crippen LogP contribution in [-0.4, -0.2) is 30.9 Å². The minimum atomic E-state index is -0.581. The molecular formula is C15H20O5. The molecule has 0 aromatic carbocycles. The number of allylic oxidation sites excluding steroid dienone is 2. The van der Waals surface area contributed by atoms with Gasteiger partial charge >= 0.3 is 11.9 Å². The minimum absolute atomic E-state index is 0.00212. The van der Waals surface area contributed by atoms with E-state index in [4.69, 9.17) is 9.47 Å². The number of ether oxygens (including phenoxy) is 2. The van der Waals surface area contributed by atoms with E-state index in [0.717, 1.165) is 12.8 Å². The van der Waals surface area contributed by atoms with Gasteiger partial charge < -0.3 is 9.47 Å². The van der Waals surface area contributed by atoms with Crippen LogP contribution in [0.5, 0.6) is 0 Å². The summed E-state index contributed by atoms with van der Waals surface area (Å²) in [4.78, 5) is 33.9. The highest BCUT2D eigenvalue weighted by Gasteiger charge is 2.50. The SMILES string of the molecule is CC(=O)CC(=O)OCCOC(=O)C1(C)CC2C=CC1C2. The van der Waals surface area contributed by atoms with Gasteiger partial charge in [0.05, 0.1) is 5.41 Å². The first-order valence-electron chi connectivity index (χ1n) is 6.92. The number of Topliss-reactive ketones (excluding diaryl/α,β-unsaturated/α-hetero) is 1. The second-order valence-electron chi connectivity index (χ2n) is 5.84. The van der Waals surface area contributed by atoms with E-state index in [1.807, 2.05) is 6.92 Å². The quantitative estimate of drug-likeness (QED) is 0.320. The van der Waals surface area contributed by atoms with Crippen LogP contribution in [0.4, 0.5) is 0 Å². The molecule has 5 heteroatoms. The molecule has 0 heterocycles. The number of esters is 2. The molecule has 0 N–H and O–H groups in total. The van der Waals surface area contributed by atoms with Crippen LogP contribution in [0.25, 0.3) is 0 Å². The topological polar surface area (TPSA) is 69.7 Å². The average Bonchev–Trinajstić information content (AvgIpc) is 2.93. The van der Waals surface area contributed by atoms with Gasteiger partial charge in [0, 0.05) is 0 Å². The van der Waals surface area contributed by atoms with Crippen LogP contribution in [0.1, 0.15) is 33.1 Å². The maximum atomic E-state index is 12.1. The summed E-state index contributed by atoms with van der Waals surface area (Å²) in [5.74, 6) is -0.293. The molecule has 0 radical (unpaired) electrons. The molecule has 110 valence electrons. The van der Waals surface area contributed by atoms with E-state index < -0.39 is 11.4 Å². The molecule has 2 bridgehead atoms. The molecule has 0 spiro atoms. The monoisotopic (exact) mass is 280 g/mol. The first-order chi connectivity index (χ1) is 9.41. The van der Waals surface area contributed by atoms with Crippen molar-refractivity contribution in [3.63, 3.8) is 0 Å². The molecule has 20 heavy (non-hydrogen) atoms. The van der Waals surface area contributed by atoms with E-state index in [-0.39, 0.29) is 37.3 Å². The van der Waals surface area contributed by atoms with Crippen LogP contribution in [-0.2, 0) is 23.9 Å². The molecule has 1 saturated carbocycles. The standard InChI is InChI=1S/C15H20O5/c1-10(16)7-13(17)19-5-6-20-14(18)15(2)9-11-3-4-12(15)8-11/h3-4,11-12H,5-9H2,1-2H3. The van der Waals surface area contributed by atoms with Crippen molar-refractivity contribution in [1.82, 2.24) is 0 Å². The molecule has 0 aliphatic heterocycles. The first-order valence-corrected chi connectivity index (χ1v) is 6.92. The highest BCUT2D eigenvalue weighted by Crippen LogP contribution is 2.52. The first kappa shape index (κ1) is 14.8. The molecule has 2 rings (SSSR count). The van der Waals surface area contributed by atoms with Gasteiger partial charge in [0.1, 0.15) is 25.4 Å². The predicted octanol–water partition coefficient (Wildman–Crippen LogP) is 1.65. The van der Waals surface area contributed by atoms with Gasteiger partial charge in [-0.1, -0.05) is 12.2 Å². The van der Waals surface area contributed by atoms with Crippen molar-refractivity contribution in [3.8, 4) is 0 Å². The third-order valence-corrected chi connectivity index (χ3v) is 4.12. The van der Waals surface area contributed by atoms with Crippen molar-refractivity contribution in [2.24, 2.45) is 17.3 Å². The van der Waals surface area contributed by atoms with Crippen LogP contribution in [0.3, 0.4) is 0 Å². The summed E-state index contributed by atoms with van der Waals surface area (Å²) in [6, 6.07) is 0. The summed E-state index contributed by atoms with van der Waals surface area (Å²) in [5.41, 5.74) is -0.442. The van der Waals surface area contributed by atoms with Crippen molar-refractivity contribution < 1.29 is 23.9 Å². The highest BCUT2D eigenvalue weighted by molar-refractivity contribution is 5.94. The van der Waals surface area contributed by atoms with Crippen LogP contribution < -0.4 is 0 Å². The molecule has 0 aromatic heterocycles. The second kappa shape index (κ2) is 5.77. The van der Waals surface area contributed by atoms with Crippen molar-refractivity contribution >= 4 is 17.7 Å². The molecule has 3 unspecified atom stereocenters. The Labute approximate surface area is 118 Å². The molecule has 0 saturated heterocycles. The van der Waals surface area contributed by atoms with Crippen LogP contribution in [0.2, 0.25) is 0 Å². The Bertz CT molecular complexity index is 453. The van der Waals surface area contributed by atoms with E-state index >= 15 is 0 Å². The summed E-state index contributed by atoms with van der Waals surface area (Å²) < 4.78 is 10.0. The summed E-state index contributed by atoms with van der Waals surface area (Å²) in [6.07, 6.45) is 5.89. The second-order valence-corrected chi connectivity index (χ2v) is 5.84. The lowest BCUT2D eigenvalue weighted by Crippen LogP contribution is -2.34. The maximum Gasteiger partial charge on any atom is 0.313 e. The van der Waals surface area contributed by atoms with Crippen molar-refractivity contribution in [3.05, 3.63) is 12.2 Å². The summed E-state index contributed by atoms with van der Waals surface area (Å²) in [7, 11) is 0. The lowest BCUT2D eigenvalue weighted by atomic mass is 9.78. The smallest absolute Gasteiger partial charge is 0.313 e.